The molecule has 0 saturated heterocycles. The minimum absolute atomic E-state index is 0.0731. The zero-order valence-electron chi connectivity index (χ0n) is 17.7. The molecular formula is C25H24O7. The van der Waals surface area contributed by atoms with Gasteiger partial charge < -0.3 is 24.1 Å². The van der Waals surface area contributed by atoms with Crippen LogP contribution in [0, 0.1) is 5.92 Å². The average Bonchev–Trinajstić information content (AvgIpc) is 2.78. The van der Waals surface area contributed by atoms with Gasteiger partial charge in [-0.15, -0.1) is 0 Å². The third kappa shape index (κ3) is 3.38. The highest BCUT2D eigenvalue weighted by atomic mass is 16.5. The first-order valence-electron chi connectivity index (χ1n) is 10.9. The van der Waals surface area contributed by atoms with Gasteiger partial charge in [0.15, 0.2) is 16.9 Å². The fourth-order valence-electron chi connectivity index (χ4n) is 5.12. The van der Waals surface area contributed by atoms with Crippen LogP contribution in [-0.4, -0.2) is 23.3 Å². The second kappa shape index (κ2) is 7.89. The summed E-state index contributed by atoms with van der Waals surface area (Å²) in [5.41, 5.74) is 0.986. The van der Waals surface area contributed by atoms with Gasteiger partial charge in [0.25, 0.3) is 0 Å². The molecule has 7 heteroatoms. The molecule has 5 rings (SSSR count). The molecule has 166 valence electrons. The van der Waals surface area contributed by atoms with E-state index in [1.165, 1.54) is 31.7 Å². The molecule has 2 aliphatic rings. The lowest BCUT2D eigenvalue weighted by molar-refractivity contribution is -0.136. The zero-order valence-corrected chi connectivity index (χ0v) is 17.7. The maximum Gasteiger partial charge on any atom is 0.311 e. The molecule has 1 aromatic heterocycles. The zero-order chi connectivity index (χ0) is 22.4. The molecule has 0 unspecified atom stereocenters. The summed E-state index contributed by atoms with van der Waals surface area (Å²) < 4.78 is 16.7. The third-order valence-corrected chi connectivity index (χ3v) is 6.65. The molecule has 2 heterocycles. The van der Waals surface area contributed by atoms with Gasteiger partial charge in [-0.2, -0.15) is 0 Å². The second-order valence-electron chi connectivity index (χ2n) is 8.56. The van der Waals surface area contributed by atoms with Crippen molar-refractivity contribution in [2.75, 3.05) is 7.11 Å². The highest BCUT2D eigenvalue weighted by molar-refractivity contribution is 5.92. The van der Waals surface area contributed by atoms with E-state index in [2.05, 4.69) is 0 Å². The van der Waals surface area contributed by atoms with Gasteiger partial charge in [-0.25, -0.2) is 0 Å². The Bertz CT molecular complexity index is 1270. The third-order valence-electron chi connectivity index (χ3n) is 6.65. The summed E-state index contributed by atoms with van der Waals surface area (Å²) >= 11 is 0. The van der Waals surface area contributed by atoms with Crippen LogP contribution in [0.15, 0.2) is 39.5 Å². The molecule has 0 spiro atoms. The summed E-state index contributed by atoms with van der Waals surface area (Å²) in [6.45, 7) is 0. The number of phenols is 2. The van der Waals surface area contributed by atoms with Gasteiger partial charge in [-0.1, -0.05) is 19.3 Å². The molecule has 1 saturated carbocycles. The molecule has 0 radical (unpaired) electrons. The van der Waals surface area contributed by atoms with Crippen molar-refractivity contribution in [3.05, 3.63) is 46.1 Å². The van der Waals surface area contributed by atoms with E-state index in [1.807, 2.05) is 0 Å². The predicted molar refractivity (Wildman–Crippen MR) is 117 cm³/mol. The number of esters is 1. The van der Waals surface area contributed by atoms with Crippen molar-refractivity contribution in [2.24, 2.45) is 5.92 Å². The Morgan fingerprint density at radius 2 is 1.78 bits per heavy atom. The van der Waals surface area contributed by atoms with Gasteiger partial charge in [0.05, 0.1) is 13.5 Å². The Morgan fingerprint density at radius 3 is 2.50 bits per heavy atom. The summed E-state index contributed by atoms with van der Waals surface area (Å²) in [6, 6.07) is 7.35. The van der Waals surface area contributed by atoms with Crippen molar-refractivity contribution in [3.8, 4) is 34.3 Å². The smallest absolute Gasteiger partial charge is 0.311 e. The Labute approximate surface area is 184 Å². The first-order valence-corrected chi connectivity index (χ1v) is 10.9. The number of rotatable bonds is 3. The lowest BCUT2D eigenvalue weighted by atomic mass is 9.74. The second-order valence-corrected chi connectivity index (χ2v) is 8.56. The highest BCUT2D eigenvalue weighted by Crippen LogP contribution is 2.49. The molecule has 1 atom stereocenters. The number of carbonyl (C=O) groups excluding carboxylic acids is 1. The lowest BCUT2D eigenvalue weighted by Gasteiger charge is -2.33. The number of benzene rings is 2. The fraction of sp³-hybridized carbons (Fsp3) is 0.360. The van der Waals surface area contributed by atoms with E-state index < -0.39 is 5.43 Å². The number of phenolic OH excluding ortho intramolecular Hbond substituents is 2. The monoisotopic (exact) mass is 436 g/mol. The van der Waals surface area contributed by atoms with Crippen molar-refractivity contribution >= 4 is 16.9 Å². The number of fused-ring (bicyclic) bond motifs is 3. The first kappa shape index (κ1) is 20.4. The Kier molecular flexibility index (Phi) is 5.04. The topological polar surface area (TPSA) is 106 Å². The molecule has 32 heavy (non-hydrogen) atoms. The van der Waals surface area contributed by atoms with E-state index in [0.717, 1.165) is 25.7 Å². The normalized spacial score (nSPS) is 18.9. The van der Waals surface area contributed by atoms with E-state index in [4.69, 9.17) is 13.9 Å². The van der Waals surface area contributed by atoms with Gasteiger partial charge in [0.1, 0.15) is 28.2 Å². The van der Waals surface area contributed by atoms with Crippen LogP contribution in [0.25, 0.3) is 22.3 Å². The first-order chi connectivity index (χ1) is 15.5. The number of hydrogen-bond acceptors (Lipinski definition) is 7. The molecule has 1 fully saturated rings. The fourth-order valence-corrected chi connectivity index (χ4v) is 5.12. The van der Waals surface area contributed by atoms with E-state index in [-0.39, 0.29) is 58.2 Å². The van der Waals surface area contributed by atoms with E-state index >= 15 is 0 Å². The van der Waals surface area contributed by atoms with Crippen molar-refractivity contribution in [2.45, 2.75) is 44.4 Å². The van der Waals surface area contributed by atoms with Crippen molar-refractivity contribution in [3.63, 3.8) is 0 Å². The summed E-state index contributed by atoms with van der Waals surface area (Å²) in [6.07, 6.45) is 5.59. The minimum Gasteiger partial charge on any atom is -0.507 e. The van der Waals surface area contributed by atoms with Crippen molar-refractivity contribution in [1.82, 2.24) is 0 Å². The quantitative estimate of drug-likeness (QED) is 0.446. The molecule has 3 aromatic rings. The number of ether oxygens (including phenoxy) is 2. The van der Waals surface area contributed by atoms with Gasteiger partial charge in [0, 0.05) is 29.2 Å². The molecule has 2 aromatic carbocycles. The number of carbonyl (C=O) groups is 1. The van der Waals surface area contributed by atoms with Crippen LogP contribution in [-0.2, 0) is 4.79 Å². The minimum atomic E-state index is -0.406. The van der Waals surface area contributed by atoms with Crippen molar-refractivity contribution < 1.29 is 28.9 Å². The van der Waals surface area contributed by atoms with Gasteiger partial charge in [0.2, 0.25) is 0 Å². The highest BCUT2D eigenvalue weighted by Gasteiger charge is 2.37. The number of aromatic hydroxyl groups is 2. The van der Waals surface area contributed by atoms with Gasteiger partial charge in [-0.3, -0.25) is 9.59 Å². The van der Waals surface area contributed by atoms with Crippen LogP contribution < -0.4 is 14.9 Å². The maximum absolute atomic E-state index is 13.0. The Balaban J connectivity index is 1.74. The number of methoxy groups -OCH3 is 1. The molecule has 0 amide bonds. The molecule has 1 aliphatic heterocycles. The standard InChI is InChI=1S/C25H24O7/c1-30-19-8-7-14(9-16(19)26)20-11-17(27)24-18(28)12-21-23(25(24)32-20)15(10-22(29)31-21)13-5-3-2-4-6-13/h7-9,11-13,15,26,28H,2-6,10H2,1H3/t15-/m0/s1. The Morgan fingerprint density at radius 1 is 1.00 bits per heavy atom. The molecule has 0 bridgehead atoms. The lowest BCUT2D eigenvalue weighted by Crippen LogP contribution is -2.27. The van der Waals surface area contributed by atoms with Crippen LogP contribution in [0.2, 0.25) is 0 Å². The molecule has 7 nitrogen and oxygen atoms in total. The van der Waals surface area contributed by atoms with Crippen LogP contribution in [0.5, 0.6) is 23.0 Å². The molecular weight excluding hydrogens is 412 g/mol. The van der Waals surface area contributed by atoms with E-state index in [0.29, 0.717) is 16.9 Å². The Hall–Kier alpha value is -3.48. The van der Waals surface area contributed by atoms with E-state index in [1.54, 1.807) is 12.1 Å². The SMILES string of the molecule is COc1ccc(-c2cc(=O)c3c(O)cc4c(c3o2)[C@H](C2CCCCC2)CC(=O)O4)cc1O. The van der Waals surface area contributed by atoms with Crippen LogP contribution >= 0.6 is 0 Å². The largest absolute Gasteiger partial charge is 0.507 e. The predicted octanol–water partition coefficient (Wildman–Crippen LogP) is 4.85. The summed E-state index contributed by atoms with van der Waals surface area (Å²) in [4.78, 5) is 25.4. The van der Waals surface area contributed by atoms with Crippen LogP contribution in [0.1, 0.15) is 50.0 Å². The van der Waals surface area contributed by atoms with Crippen LogP contribution in [0.3, 0.4) is 0 Å². The molecule has 1 aliphatic carbocycles. The van der Waals surface area contributed by atoms with Gasteiger partial charge in [-0.05, 0) is 37.0 Å². The van der Waals surface area contributed by atoms with Crippen LogP contribution in [0.4, 0.5) is 0 Å². The molecule has 2 N–H and O–H groups in total. The van der Waals surface area contributed by atoms with Crippen molar-refractivity contribution in [1.29, 1.82) is 0 Å². The number of hydrogen-bond donors (Lipinski definition) is 2. The summed E-state index contributed by atoms with van der Waals surface area (Å²) in [7, 11) is 1.45. The summed E-state index contributed by atoms with van der Waals surface area (Å²) in [5.74, 6) is 0.224. The van der Waals surface area contributed by atoms with Gasteiger partial charge >= 0.3 is 5.97 Å². The van der Waals surface area contributed by atoms with E-state index in [9.17, 15) is 19.8 Å². The maximum atomic E-state index is 13.0. The summed E-state index contributed by atoms with van der Waals surface area (Å²) in [5, 5.41) is 20.8. The average molecular weight is 436 g/mol.